The molecule has 1 aromatic carbocycles. The Morgan fingerprint density at radius 2 is 2.00 bits per heavy atom. The number of rotatable bonds is 5. The van der Waals surface area contributed by atoms with Gasteiger partial charge in [0.1, 0.15) is 17.5 Å². The van der Waals surface area contributed by atoms with E-state index in [0.717, 1.165) is 46.4 Å². The predicted octanol–water partition coefficient (Wildman–Crippen LogP) is 6.26. The van der Waals surface area contributed by atoms with Gasteiger partial charge >= 0.3 is 6.09 Å². The minimum atomic E-state index is -1.81. The summed E-state index contributed by atoms with van der Waals surface area (Å²) in [5.74, 6) is 0.943. The summed E-state index contributed by atoms with van der Waals surface area (Å²) in [7, 11) is -1.81. The van der Waals surface area contributed by atoms with Crippen LogP contribution in [-0.2, 0) is 10.8 Å². The molecule has 3 heterocycles. The van der Waals surface area contributed by atoms with E-state index in [2.05, 4.69) is 79.6 Å². The van der Waals surface area contributed by atoms with Gasteiger partial charge in [-0.2, -0.15) is 5.10 Å². The van der Waals surface area contributed by atoms with E-state index in [9.17, 15) is 4.79 Å². The van der Waals surface area contributed by atoms with Gasteiger partial charge in [-0.05, 0) is 77.6 Å². The van der Waals surface area contributed by atoms with Crippen molar-refractivity contribution in [2.75, 3.05) is 19.7 Å². The van der Waals surface area contributed by atoms with Crippen molar-refractivity contribution in [2.24, 2.45) is 5.41 Å². The van der Waals surface area contributed by atoms with Gasteiger partial charge in [-0.25, -0.2) is 4.79 Å². The maximum atomic E-state index is 11.1. The van der Waals surface area contributed by atoms with Gasteiger partial charge in [-0.15, -0.1) is 0 Å². The molecule has 2 aromatic rings. The minimum Gasteiger partial charge on any atom is -0.487 e. The maximum Gasteiger partial charge on any atom is 0.407 e. The number of hydrogen-bond acceptors (Lipinski definition) is 4. The molecule has 1 atom stereocenters. The average Bonchev–Trinajstić information content (AvgIpc) is 3.24. The SMILES string of the molecule is Cc1c(Br)c(-c2ccc3c(c2)CC(CO[Si](C)(C)C(C)(C)C)O3)nn1C1CC2(C1)CN(C(=O)O)C2. The topological polar surface area (TPSA) is 76.8 Å². The molecule has 0 bridgehead atoms. The molecular weight excluding hydrogens is 526 g/mol. The molecule has 1 unspecified atom stereocenters. The molecule has 2 aliphatic heterocycles. The zero-order valence-electron chi connectivity index (χ0n) is 21.5. The van der Waals surface area contributed by atoms with Gasteiger partial charge in [-0.1, -0.05) is 20.8 Å². The second-order valence-electron chi connectivity index (χ2n) is 12.2. The zero-order valence-corrected chi connectivity index (χ0v) is 24.1. The van der Waals surface area contributed by atoms with Crippen molar-refractivity contribution in [3.63, 3.8) is 0 Å². The summed E-state index contributed by atoms with van der Waals surface area (Å²) >= 11 is 3.79. The smallest absolute Gasteiger partial charge is 0.407 e. The summed E-state index contributed by atoms with van der Waals surface area (Å²) in [4.78, 5) is 12.6. The minimum absolute atomic E-state index is 0.0520. The van der Waals surface area contributed by atoms with Gasteiger partial charge in [0.15, 0.2) is 8.32 Å². The van der Waals surface area contributed by atoms with Gasteiger partial charge < -0.3 is 19.2 Å². The number of fused-ring (bicyclic) bond motifs is 1. The lowest BCUT2D eigenvalue weighted by Gasteiger charge is -2.58. The van der Waals surface area contributed by atoms with E-state index >= 15 is 0 Å². The number of nitrogens with zero attached hydrogens (tertiary/aromatic N) is 3. The summed E-state index contributed by atoms with van der Waals surface area (Å²) in [6.07, 6.45) is 2.06. The Balaban J connectivity index is 1.26. The average molecular weight is 563 g/mol. The number of hydrogen-bond donors (Lipinski definition) is 1. The van der Waals surface area contributed by atoms with Crippen molar-refractivity contribution in [3.05, 3.63) is 33.9 Å². The Morgan fingerprint density at radius 3 is 2.63 bits per heavy atom. The lowest BCUT2D eigenvalue weighted by Crippen LogP contribution is -2.63. The Labute approximate surface area is 217 Å². The number of carboxylic acid groups (broad SMARTS) is 1. The van der Waals surface area contributed by atoms with Crippen molar-refractivity contribution < 1.29 is 19.1 Å². The van der Waals surface area contributed by atoms with Crippen LogP contribution in [0.25, 0.3) is 11.3 Å². The molecule has 0 radical (unpaired) electrons. The highest BCUT2D eigenvalue weighted by Gasteiger charge is 2.55. The van der Waals surface area contributed by atoms with Gasteiger partial charge in [0.25, 0.3) is 0 Å². The number of ether oxygens (including phenoxy) is 1. The number of benzene rings is 1. The Hall–Kier alpha value is -1.84. The first-order chi connectivity index (χ1) is 16.3. The van der Waals surface area contributed by atoms with E-state index in [-0.39, 0.29) is 16.6 Å². The molecule has 35 heavy (non-hydrogen) atoms. The molecule has 9 heteroatoms. The molecule has 7 nitrogen and oxygen atoms in total. The van der Waals surface area contributed by atoms with Crippen LogP contribution in [0.1, 0.15) is 50.9 Å². The lowest BCUT2D eigenvalue weighted by molar-refractivity contribution is -0.0775. The van der Waals surface area contributed by atoms with Crippen molar-refractivity contribution in [1.82, 2.24) is 14.7 Å². The van der Waals surface area contributed by atoms with Crippen LogP contribution in [0, 0.1) is 12.3 Å². The van der Waals surface area contributed by atoms with E-state index in [0.29, 0.717) is 25.7 Å². The largest absolute Gasteiger partial charge is 0.487 e. The molecule has 5 rings (SSSR count). The normalized spacial score (nSPS) is 21.5. The van der Waals surface area contributed by atoms with E-state index < -0.39 is 14.4 Å². The molecule has 190 valence electrons. The van der Waals surface area contributed by atoms with Gasteiger partial charge in [0, 0.05) is 30.5 Å². The van der Waals surface area contributed by atoms with Crippen molar-refractivity contribution in [1.29, 1.82) is 0 Å². The van der Waals surface area contributed by atoms with Crippen LogP contribution < -0.4 is 4.74 Å². The van der Waals surface area contributed by atoms with Crippen molar-refractivity contribution in [3.8, 4) is 17.0 Å². The highest BCUT2D eigenvalue weighted by Crippen LogP contribution is 2.54. The summed E-state index contributed by atoms with van der Waals surface area (Å²) in [5.41, 5.74) is 4.51. The quantitative estimate of drug-likeness (QED) is 0.436. The highest BCUT2D eigenvalue weighted by atomic mass is 79.9. The number of halogens is 1. The third-order valence-electron chi connectivity index (χ3n) is 8.59. The number of aromatic nitrogens is 2. The molecule has 2 fully saturated rings. The van der Waals surface area contributed by atoms with Gasteiger partial charge in [-0.3, -0.25) is 4.68 Å². The fraction of sp³-hybridized carbons (Fsp3) is 0.615. The molecule has 1 saturated heterocycles. The first kappa shape index (κ1) is 24.8. The highest BCUT2D eigenvalue weighted by molar-refractivity contribution is 9.10. The van der Waals surface area contributed by atoms with Crippen molar-refractivity contribution >= 4 is 30.3 Å². The number of amides is 1. The molecule has 3 aliphatic rings. The van der Waals surface area contributed by atoms with Crippen LogP contribution in [0.5, 0.6) is 5.75 Å². The molecule has 1 aromatic heterocycles. The van der Waals surface area contributed by atoms with E-state index in [1.165, 1.54) is 10.5 Å². The predicted molar refractivity (Wildman–Crippen MR) is 142 cm³/mol. The molecular formula is C26H36BrN3O4Si. The van der Waals surface area contributed by atoms with Crippen LogP contribution in [0.15, 0.2) is 22.7 Å². The summed E-state index contributed by atoms with van der Waals surface area (Å²) in [6, 6.07) is 6.68. The van der Waals surface area contributed by atoms with Crippen LogP contribution in [0.4, 0.5) is 4.79 Å². The first-order valence-corrected chi connectivity index (χ1v) is 16.2. The molecule has 1 saturated carbocycles. The van der Waals surface area contributed by atoms with Gasteiger partial charge in [0.05, 0.1) is 22.8 Å². The molecule has 1 spiro atoms. The van der Waals surface area contributed by atoms with Crippen LogP contribution >= 0.6 is 15.9 Å². The van der Waals surface area contributed by atoms with E-state index in [1.807, 2.05) is 0 Å². The summed E-state index contributed by atoms with van der Waals surface area (Å²) in [6.45, 7) is 15.4. The Kier molecular flexibility index (Phi) is 5.92. The lowest BCUT2D eigenvalue weighted by atomic mass is 9.61. The van der Waals surface area contributed by atoms with Crippen molar-refractivity contribution in [2.45, 2.75) is 77.2 Å². The number of likely N-dealkylation sites (tertiary alicyclic amines) is 1. The third kappa shape index (κ3) is 4.33. The summed E-state index contributed by atoms with van der Waals surface area (Å²) < 4.78 is 15.8. The summed E-state index contributed by atoms with van der Waals surface area (Å²) in [5, 5.41) is 14.3. The first-order valence-electron chi connectivity index (χ1n) is 12.4. The standard InChI is InChI=1S/C26H36BrN3O4Si/c1-16-22(27)23(28-30(16)19-11-26(12-19)14-29(15-26)24(31)32)17-7-8-21-18(9-17)10-20(34-21)13-33-35(5,6)25(2,3)4/h7-9,19-20H,10-15H2,1-6H3,(H,31,32). The zero-order chi connectivity index (χ0) is 25.3. The van der Waals surface area contributed by atoms with E-state index in [4.69, 9.17) is 19.4 Å². The second kappa shape index (κ2) is 8.35. The fourth-order valence-electron chi connectivity index (χ4n) is 5.39. The van der Waals surface area contributed by atoms with Gasteiger partial charge in [0.2, 0.25) is 0 Å². The van der Waals surface area contributed by atoms with Crippen LogP contribution in [-0.4, -0.2) is 60.0 Å². The second-order valence-corrected chi connectivity index (χ2v) is 17.8. The molecule has 1 N–H and O–H groups in total. The fourth-order valence-corrected chi connectivity index (χ4v) is 6.91. The number of carbonyl (C=O) groups is 1. The molecule has 1 amide bonds. The van der Waals surface area contributed by atoms with E-state index in [1.54, 1.807) is 0 Å². The Morgan fingerprint density at radius 1 is 1.31 bits per heavy atom. The van der Waals surface area contributed by atoms with Crippen LogP contribution in [0.3, 0.4) is 0 Å². The monoisotopic (exact) mass is 561 g/mol. The van der Waals surface area contributed by atoms with Crippen LogP contribution in [0.2, 0.25) is 18.1 Å². The third-order valence-corrected chi connectivity index (χ3v) is 14.0. The Bertz CT molecular complexity index is 1160. The molecule has 1 aliphatic carbocycles. The maximum absolute atomic E-state index is 11.1.